The fourth-order valence-corrected chi connectivity index (χ4v) is 2.21. The van der Waals surface area contributed by atoms with Crippen molar-refractivity contribution in [3.63, 3.8) is 0 Å². The maximum Gasteiger partial charge on any atom is 0.254 e. The summed E-state index contributed by atoms with van der Waals surface area (Å²) < 4.78 is 1.94. The Morgan fingerprint density at radius 2 is 2.14 bits per heavy atom. The van der Waals surface area contributed by atoms with E-state index < -0.39 is 0 Å². The first-order valence-electron chi connectivity index (χ1n) is 6.70. The number of hydrogen-bond acceptors (Lipinski definition) is 6. The number of aromatic nitrogens is 5. The Labute approximate surface area is 127 Å². The molecule has 0 aliphatic heterocycles. The minimum atomic E-state index is -0.230. The highest BCUT2D eigenvalue weighted by molar-refractivity contribution is 7.98. The van der Waals surface area contributed by atoms with Gasteiger partial charge >= 0.3 is 0 Å². The molecule has 7 nitrogen and oxygen atoms in total. The maximum atomic E-state index is 12.2. The van der Waals surface area contributed by atoms with Crippen LogP contribution in [0.1, 0.15) is 42.5 Å². The lowest BCUT2D eigenvalue weighted by molar-refractivity contribution is 0.0936. The molecule has 0 aromatic carbocycles. The fraction of sp³-hybridized carbons (Fsp3) is 0.462. The minimum Gasteiger partial charge on any atom is -0.342 e. The van der Waals surface area contributed by atoms with Crippen LogP contribution < -0.4 is 5.32 Å². The first-order chi connectivity index (χ1) is 10.2. The highest BCUT2D eigenvalue weighted by Gasteiger charge is 2.16. The van der Waals surface area contributed by atoms with Gasteiger partial charge in [-0.3, -0.25) is 4.79 Å². The molecule has 21 heavy (non-hydrogen) atoms. The van der Waals surface area contributed by atoms with Crippen LogP contribution in [0.25, 0.3) is 0 Å². The summed E-state index contributed by atoms with van der Waals surface area (Å²) in [5.74, 6) is 0.521. The second-order valence-corrected chi connectivity index (χ2v) is 5.31. The summed E-state index contributed by atoms with van der Waals surface area (Å²) in [5.41, 5.74) is 0.432. The lowest BCUT2D eigenvalue weighted by Gasteiger charge is -2.14. The van der Waals surface area contributed by atoms with Gasteiger partial charge in [-0.1, -0.05) is 18.7 Å². The van der Waals surface area contributed by atoms with Gasteiger partial charge in [-0.25, -0.2) is 9.97 Å². The first-order valence-corrected chi connectivity index (χ1v) is 7.92. The average Bonchev–Trinajstić information content (AvgIpc) is 2.96. The number of aryl methyl sites for hydroxylation is 1. The molecule has 0 spiro atoms. The zero-order chi connectivity index (χ0) is 15.2. The Bertz CT molecular complexity index is 597. The van der Waals surface area contributed by atoms with Crippen LogP contribution >= 0.6 is 11.8 Å². The van der Waals surface area contributed by atoms with Gasteiger partial charge in [0.05, 0.1) is 11.6 Å². The van der Waals surface area contributed by atoms with Gasteiger partial charge in [0.25, 0.3) is 5.91 Å². The molecule has 2 heterocycles. The van der Waals surface area contributed by atoms with E-state index in [2.05, 4.69) is 32.4 Å². The highest BCUT2D eigenvalue weighted by Crippen LogP contribution is 2.11. The van der Waals surface area contributed by atoms with Crippen molar-refractivity contribution in [2.75, 3.05) is 6.26 Å². The van der Waals surface area contributed by atoms with E-state index in [9.17, 15) is 4.79 Å². The van der Waals surface area contributed by atoms with Crippen molar-refractivity contribution in [3.8, 4) is 0 Å². The molecular formula is C13H18N6OS. The summed E-state index contributed by atoms with van der Waals surface area (Å²) >= 11 is 1.43. The van der Waals surface area contributed by atoms with Gasteiger partial charge in [-0.15, -0.1) is 10.2 Å². The summed E-state index contributed by atoms with van der Waals surface area (Å²) in [4.78, 5) is 20.3. The summed E-state index contributed by atoms with van der Waals surface area (Å²) in [7, 11) is 0. The van der Waals surface area contributed by atoms with Crippen molar-refractivity contribution in [3.05, 3.63) is 30.1 Å². The summed E-state index contributed by atoms with van der Waals surface area (Å²) in [6.07, 6.45) is 7.60. The molecule has 0 bridgehead atoms. The number of amides is 1. The third-order valence-electron chi connectivity index (χ3n) is 2.92. The Balaban J connectivity index is 2.05. The van der Waals surface area contributed by atoms with E-state index >= 15 is 0 Å². The van der Waals surface area contributed by atoms with Crippen molar-refractivity contribution in [2.24, 2.45) is 0 Å². The number of hydrogen-bond donors (Lipinski definition) is 1. The normalized spacial score (nSPS) is 12.1. The van der Waals surface area contributed by atoms with E-state index in [0.29, 0.717) is 10.7 Å². The quantitative estimate of drug-likeness (QED) is 0.645. The second-order valence-electron chi connectivity index (χ2n) is 4.54. The first kappa shape index (κ1) is 15.4. The molecule has 1 unspecified atom stereocenters. The molecule has 112 valence electrons. The number of carbonyl (C=O) groups is 1. The third-order valence-corrected chi connectivity index (χ3v) is 3.49. The van der Waals surface area contributed by atoms with Gasteiger partial charge in [0.15, 0.2) is 11.0 Å². The number of carbonyl (C=O) groups excluding carboxylic acids is 1. The number of thioether (sulfide) groups is 1. The molecule has 0 aliphatic carbocycles. The maximum absolute atomic E-state index is 12.2. The van der Waals surface area contributed by atoms with Crippen LogP contribution in [0.4, 0.5) is 0 Å². The Kier molecular flexibility index (Phi) is 5.26. The third kappa shape index (κ3) is 3.78. The van der Waals surface area contributed by atoms with Crippen molar-refractivity contribution >= 4 is 17.7 Å². The molecule has 8 heteroatoms. The molecule has 2 aromatic heterocycles. The van der Waals surface area contributed by atoms with Gasteiger partial charge in [0.2, 0.25) is 0 Å². The van der Waals surface area contributed by atoms with Crippen LogP contribution in [0.15, 0.2) is 23.9 Å². The predicted octanol–water partition coefficient (Wildman–Crippen LogP) is 1.69. The zero-order valence-electron chi connectivity index (χ0n) is 12.3. The van der Waals surface area contributed by atoms with Crippen LogP contribution in [-0.4, -0.2) is 36.9 Å². The van der Waals surface area contributed by atoms with Gasteiger partial charge in [-0.05, 0) is 19.6 Å². The molecule has 1 N–H and O–H groups in total. The van der Waals surface area contributed by atoms with E-state index in [4.69, 9.17) is 0 Å². The van der Waals surface area contributed by atoms with E-state index in [1.165, 1.54) is 24.2 Å². The Hall–Kier alpha value is -1.96. The van der Waals surface area contributed by atoms with E-state index in [1.54, 1.807) is 6.33 Å². The molecule has 0 aliphatic rings. The number of nitrogens with zero attached hydrogens (tertiary/aromatic N) is 5. The van der Waals surface area contributed by atoms with Gasteiger partial charge < -0.3 is 9.88 Å². The second kappa shape index (κ2) is 7.16. The molecule has 1 atom stereocenters. The molecule has 2 aromatic rings. The highest BCUT2D eigenvalue weighted by atomic mass is 32.2. The van der Waals surface area contributed by atoms with E-state index in [1.807, 2.05) is 17.7 Å². The van der Waals surface area contributed by atoms with Gasteiger partial charge in [0, 0.05) is 18.9 Å². The Morgan fingerprint density at radius 1 is 1.43 bits per heavy atom. The topological polar surface area (TPSA) is 85.6 Å². The largest absolute Gasteiger partial charge is 0.342 e. The van der Waals surface area contributed by atoms with Crippen molar-refractivity contribution < 1.29 is 4.79 Å². The van der Waals surface area contributed by atoms with Crippen LogP contribution in [0.3, 0.4) is 0 Å². The van der Waals surface area contributed by atoms with Crippen molar-refractivity contribution in [2.45, 2.75) is 38.0 Å². The van der Waals surface area contributed by atoms with Crippen molar-refractivity contribution in [1.29, 1.82) is 0 Å². The molecule has 0 radical (unpaired) electrons. The summed E-state index contributed by atoms with van der Waals surface area (Å²) in [6, 6.07) is -0.230. The fourth-order valence-electron chi connectivity index (χ4n) is 1.90. The van der Waals surface area contributed by atoms with Crippen molar-refractivity contribution in [1.82, 2.24) is 30.0 Å². The average molecular weight is 306 g/mol. The number of nitrogens with one attached hydrogen (secondary N) is 1. The van der Waals surface area contributed by atoms with Crippen LogP contribution in [0, 0.1) is 0 Å². The SMILES string of the molecule is CCCn1cnnc1C(C)NC(=O)c1cnc(SC)nc1. The van der Waals surface area contributed by atoms with Gasteiger partial charge in [-0.2, -0.15) is 0 Å². The standard InChI is InChI=1S/C13H18N6OS/c1-4-5-19-8-16-18-11(19)9(2)17-12(20)10-6-14-13(21-3)15-7-10/h6-9H,4-5H2,1-3H3,(H,17,20). The van der Waals surface area contributed by atoms with Gasteiger partial charge in [0.1, 0.15) is 6.33 Å². The molecule has 2 rings (SSSR count). The zero-order valence-corrected chi connectivity index (χ0v) is 13.1. The predicted molar refractivity (Wildman–Crippen MR) is 80.0 cm³/mol. The molecule has 0 saturated heterocycles. The molecule has 0 fully saturated rings. The molecule has 1 amide bonds. The lowest BCUT2D eigenvalue weighted by atomic mass is 10.2. The van der Waals surface area contributed by atoms with E-state index in [0.717, 1.165) is 18.8 Å². The minimum absolute atomic E-state index is 0.221. The van der Waals surface area contributed by atoms with Crippen LogP contribution in [-0.2, 0) is 6.54 Å². The monoisotopic (exact) mass is 306 g/mol. The van der Waals surface area contributed by atoms with E-state index in [-0.39, 0.29) is 11.9 Å². The van der Waals surface area contributed by atoms with Crippen LogP contribution in [0.5, 0.6) is 0 Å². The molecule has 0 saturated carbocycles. The molecular weight excluding hydrogens is 288 g/mol. The Morgan fingerprint density at radius 3 is 2.76 bits per heavy atom. The lowest BCUT2D eigenvalue weighted by Crippen LogP contribution is -2.29. The number of rotatable bonds is 6. The smallest absolute Gasteiger partial charge is 0.254 e. The summed E-state index contributed by atoms with van der Waals surface area (Å²) in [6.45, 7) is 4.79. The van der Waals surface area contributed by atoms with Crippen LogP contribution in [0.2, 0.25) is 0 Å². The summed E-state index contributed by atoms with van der Waals surface area (Å²) in [5, 5.41) is 11.5.